The van der Waals surface area contributed by atoms with Gasteiger partial charge in [-0.05, 0) is 69.3 Å². The van der Waals surface area contributed by atoms with E-state index in [1.54, 1.807) is 0 Å². The van der Waals surface area contributed by atoms with Gasteiger partial charge in [0.15, 0.2) is 0 Å². The van der Waals surface area contributed by atoms with Crippen molar-refractivity contribution in [1.82, 2.24) is 4.98 Å². The van der Waals surface area contributed by atoms with Crippen molar-refractivity contribution in [3.63, 3.8) is 0 Å². The maximum Gasteiger partial charge on any atom is 0.239 e. The molecule has 40 heavy (non-hydrogen) atoms. The zero-order chi connectivity index (χ0) is 27.2. The van der Waals surface area contributed by atoms with Gasteiger partial charge in [0.2, 0.25) is 16.7 Å². The Morgan fingerprint density at radius 3 is 1.90 bits per heavy atom. The number of anilines is 2. The quantitative estimate of drug-likeness (QED) is 0.162. The van der Waals surface area contributed by atoms with E-state index in [1.165, 1.54) is 5.69 Å². The lowest BCUT2D eigenvalue weighted by Crippen LogP contribution is -3.00. The van der Waals surface area contributed by atoms with Crippen LogP contribution >= 0.6 is 0 Å². The summed E-state index contributed by atoms with van der Waals surface area (Å²) in [5.74, 6) is 0. The van der Waals surface area contributed by atoms with Crippen molar-refractivity contribution in [2.45, 2.75) is 20.8 Å². The Morgan fingerprint density at radius 2 is 1.25 bits per heavy atom. The Balaban J connectivity index is 0.00000370. The SMILES string of the molecule is CCN(CC)c1ccc2nc3ccc(N=Nc4ccc(N(CC)CCO)cc4)cc3[n+](-c3ccccc3)c2c1.[Cl-]. The molecule has 1 heterocycles. The zero-order valence-corrected chi connectivity index (χ0v) is 24.0. The first-order valence-corrected chi connectivity index (χ1v) is 13.6. The fraction of sp³-hybridized carbons (Fsp3) is 0.250. The van der Waals surface area contributed by atoms with Crippen LogP contribution in [0.2, 0.25) is 0 Å². The van der Waals surface area contributed by atoms with Gasteiger partial charge in [0, 0.05) is 61.8 Å². The molecule has 1 N–H and O–H groups in total. The Labute approximate surface area is 241 Å². The second kappa shape index (κ2) is 13.3. The average Bonchev–Trinajstić information content (AvgIpc) is 2.99. The lowest BCUT2D eigenvalue weighted by molar-refractivity contribution is -0.538. The van der Waals surface area contributed by atoms with Gasteiger partial charge in [-0.3, -0.25) is 0 Å². The van der Waals surface area contributed by atoms with Crippen LogP contribution in [-0.4, -0.2) is 42.9 Å². The van der Waals surface area contributed by atoms with Crippen LogP contribution in [0.3, 0.4) is 0 Å². The number of para-hydroxylation sites is 1. The monoisotopic (exact) mass is 554 g/mol. The smallest absolute Gasteiger partial charge is 0.239 e. The highest BCUT2D eigenvalue weighted by Gasteiger charge is 2.21. The second-order valence-electron chi connectivity index (χ2n) is 9.32. The van der Waals surface area contributed by atoms with Gasteiger partial charge in [-0.25, -0.2) is 4.98 Å². The molecule has 0 aliphatic heterocycles. The summed E-state index contributed by atoms with van der Waals surface area (Å²) >= 11 is 0. The van der Waals surface area contributed by atoms with Crippen molar-refractivity contribution in [1.29, 1.82) is 0 Å². The van der Waals surface area contributed by atoms with Crippen molar-refractivity contribution in [2.24, 2.45) is 10.2 Å². The highest BCUT2D eigenvalue weighted by Crippen LogP contribution is 2.27. The van der Waals surface area contributed by atoms with Crippen molar-refractivity contribution in [3.05, 3.63) is 91.0 Å². The highest BCUT2D eigenvalue weighted by atomic mass is 35.5. The first kappa shape index (κ1) is 28.9. The topological polar surface area (TPSA) is 68.2 Å². The number of rotatable bonds is 10. The fourth-order valence-electron chi connectivity index (χ4n) is 4.97. The Bertz CT molecular complexity index is 1590. The maximum absolute atomic E-state index is 9.30. The number of hydrogen-bond acceptors (Lipinski definition) is 6. The maximum atomic E-state index is 9.30. The van der Waals surface area contributed by atoms with E-state index in [0.717, 1.165) is 64.5 Å². The summed E-state index contributed by atoms with van der Waals surface area (Å²) in [7, 11) is 0. The molecule has 0 spiro atoms. The number of likely N-dealkylation sites (N-methyl/N-ethyl adjacent to an activating group) is 1. The van der Waals surface area contributed by atoms with Crippen molar-refractivity contribution in [2.75, 3.05) is 42.6 Å². The summed E-state index contributed by atoms with van der Waals surface area (Å²) in [5, 5.41) is 18.4. The minimum atomic E-state index is 0. The van der Waals surface area contributed by atoms with Crippen LogP contribution in [0.1, 0.15) is 20.8 Å². The van der Waals surface area contributed by atoms with Crippen LogP contribution in [0.5, 0.6) is 0 Å². The molecule has 0 amide bonds. The molecule has 0 saturated carbocycles. The molecule has 0 saturated heterocycles. The van der Waals surface area contributed by atoms with E-state index >= 15 is 0 Å². The van der Waals surface area contributed by atoms with Gasteiger partial charge in [-0.15, -0.1) is 4.57 Å². The third kappa shape index (κ3) is 6.06. The number of azo groups is 1. The molecular weight excluding hydrogens is 520 g/mol. The lowest BCUT2D eigenvalue weighted by atomic mass is 10.1. The van der Waals surface area contributed by atoms with Crippen molar-refractivity contribution < 1.29 is 22.1 Å². The van der Waals surface area contributed by atoms with E-state index in [4.69, 9.17) is 4.98 Å². The number of aliphatic hydroxyl groups is 1. The molecule has 7 nitrogen and oxygen atoms in total. The molecule has 0 unspecified atom stereocenters. The number of benzene rings is 4. The molecule has 5 rings (SSSR count). The first-order valence-electron chi connectivity index (χ1n) is 13.6. The molecule has 4 aromatic carbocycles. The summed E-state index contributed by atoms with van der Waals surface area (Å²) in [5.41, 5.74) is 8.70. The van der Waals surface area contributed by atoms with E-state index in [-0.39, 0.29) is 19.0 Å². The Morgan fingerprint density at radius 1 is 0.675 bits per heavy atom. The minimum absolute atomic E-state index is 0. The summed E-state index contributed by atoms with van der Waals surface area (Å²) in [4.78, 5) is 9.46. The number of hydrogen-bond donors (Lipinski definition) is 1. The molecule has 0 atom stereocenters. The number of aromatic nitrogens is 2. The predicted octanol–water partition coefficient (Wildman–Crippen LogP) is 3.75. The summed E-state index contributed by atoms with van der Waals surface area (Å²) in [6.45, 7) is 9.88. The molecule has 0 bridgehead atoms. The van der Waals surface area contributed by atoms with Crippen LogP contribution in [-0.2, 0) is 0 Å². The van der Waals surface area contributed by atoms with E-state index in [9.17, 15) is 5.11 Å². The van der Waals surface area contributed by atoms with Crippen molar-refractivity contribution in [3.8, 4) is 5.69 Å². The van der Waals surface area contributed by atoms with Crippen LogP contribution in [0.4, 0.5) is 22.7 Å². The van der Waals surface area contributed by atoms with Gasteiger partial charge in [-0.2, -0.15) is 10.2 Å². The van der Waals surface area contributed by atoms with E-state index in [0.29, 0.717) is 6.54 Å². The fourth-order valence-corrected chi connectivity index (χ4v) is 4.97. The van der Waals surface area contributed by atoms with Crippen LogP contribution in [0, 0.1) is 0 Å². The Hall–Kier alpha value is -4.07. The minimum Gasteiger partial charge on any atom is -1.00 e. The van der Waals surface area contributed by atoms with E-state index < -0.39 is 0 Å². The number of nitrogens with zero attached hydrogens (tertiary/aromatic N) is 6. The molecular formula is C32H35ClN6O. The first-order chi connectivity index (χ1) is 19.1. The van der Waals surface area contributed by atoms with Crippen LogP contribution in [0.15, 0.2) is 101 Å². The van der Waals surface area contributed by atoms with Gasteiger partial charge in [0.05, 0.1) is 18.0 Å². The molecule has 206 valence electrons. The highest BCUT2D eigenvalue weighted by molar-refractivity contribution is 5.85. The summed E-state index contributed by atoms with van der Waals surface area (Å²) < 4.78 is 2.26. The van der Waals surface area contributed by atoms with Gasteiger partial charge in [-0.1, -0.05) is 18.2 Å². The summed E-state index contributed by atoms with van der Waals surface area (Å²) in [6.07, 6.45) is 0. The number of halogens is 1. The van der Waals surface area contributed by atoms with Gasteiger partial charge in [0.25, 0.3) is 0 Å². The standard InChI is InChI=1S/C32H35N6O.ClH/c1-4-36(5-2)28-17-19-30-32(23-28)38(27-10-8-7-9-11-27)31-22-25(14-18-29(31)33-30)35-34-24-12-15-26(16-13-24)37(6-3)20-21-39;/h7-19,22-23,39H,4-6,20-21H2,1-3H3;1H/q+1;/p-1. The predicted molar refractivity (Wildman–Crippen MR) is 160 cm³/mol. The largest absolute Gasteiger partial charge is 1.00 e. The third-order valence-electron chi connectivity index (χ3n) is 7.03. The molecule has 0 radical (unpaired) electrons. The Kier molecular flexibility index (Phi) is 9.64. The molecule has 8 heteroatoms. The number of aliphatic hydroxyl groups excluding tert-OH is 1. The number of fused-ring (bicyclic) bond motifs is 2. The normalized spacial score (nSPS) is 11.2. The second-order valence-corrected chi connectivity index (χ2v) is 9.32. The molecule has 5 aromatic rings. The molecule has 0 aliphatic carbocycles. The van der Waals surface area contributed by atoms with Crippen LogP contribution < -0.4 is 26.8 Å². The zero-order valence-electron chi connectivity index (χ0n) is 23.2. The van der Waals surface area contributed by atoms with Gasteiger partial charge < -0.3 is 27.3 Å². The molecule has 1 aromatic heterocycles. The van der Waals surface area contributed by atoms with Gasteiger partial charge in [0.1, 0.15) is 11.0 Å². The van der Waals surface area contributed by atoms with Crippen molar-refractivity contribution >= 4 is 44.8 Å². The average molecular weight is 555 g/mol. The van der Waals surface area contributed by atoms with E-state index in [2.05, 4.69) is 93.9 Å². The lowest BCUT2D eigenvalue weighted by Gasteiger charge is -2.21. The van der Waals surface area contributed by atoms with E-state index in [1.807, 2.05) is 42.5 Å². The molecule has 0 aliphatic rings. The molecule has 0 fully saturated rings. The third-order valence-corrected chi connectivity index (χ3v) is 7.03. The van der Waals surface area contributed by atoms with Gasteiger partial charge >= 0.3 is 0 Å². The summed E-state index contributed by atoms with van der Waals surface area (Å²) in [6, 6.07) is 30.8. The van der Waals surface area contributed by atoms with Crippen LogP contribution in [0.25, 0.3) is 27.8 Å².